The summed E-state index contributed by atoms with van der Waals surface area (Å²) in [4.78, 5) is 16.1. The minimum absolute atomic E-state index is 0.0602. The highest BCUT2D eigenvalue weighted by Crippen LogP contribution is 2.42. The van der Waals surface area contributed by atoms with Crippen molar-refractivity contribution >= 4 is 17.4 Å². The molecule has 7 aromatic rings. The van der Waals surface area contributed by atoms with E-state index in [1.807, 2.05) is 86.9 Å². The van der Waals surface area contributed by atoms with Gasteiger partial charge in [-0.3, -0.25) is 14.8 Å². The van der Waals surface area contributed by atoms with E-state index in [0.717, 1.165) is 33.4 Å². The van der Waals surface area contributed by atoms with Gasteiger partial charge in [0.2, 0.25) is 5.91 Å². The molecule has 0 radical (unpaired) electrons. The van der Waals surface area contributed by atoms with Crippen molar-refractivity contribution in [3.8, 4) is 0 Å². The Morgan fingerprint density at radius 2 is 0.863 bits per heavy atom. The topological polar surface area (TPSA) is 62.2 Å². The van der Waals surface area contributed by atoms with Crippen LogP contribution in [-0.2, 0) is 22.9 Å². The van der Waals surface area contributed by atoms with Crippen LogP contribution in [0, 0.1) is 0 Å². The van der Waals surface area contributed by atoms with Gasteiger partial charge in [0.25, 0.3) is 0 Å². The van der Waals surface area contributed by atoms with Crippen LogP contribution >= 0.6 is 0 Å². The molecule has 1 amide bonds. The van der Waals surface area contributed by atoms with Crippen LogP contribution in [0.4, 0.5) is 11.5 Å². The Kier molecular flexibility index (Phi) is 9.59. The molecule has 1 heterocycles. The summed E-state index contributed by atoms with van der Waals surface area (Å²) in [5.74, 6) is 0.603. The van der Waals surface area contributed by atoms with Gasteiger partial charge in [0, 0.05) is 14.1 Å². The predicted molar refractivity (Wildman–Crippen MR) is 207 cm³/mol. The SMILES string of the molecule is CN(C(=O)CNC(c1ccccc1)(c1ccccc1)c1ccccc1)c1cnn(C)c1NC(c1ccccc1)(c1ccccc1)c1ccccc1. The first-order chi connectivity index (χ1) is 25.0. The lowest BCUT2D eigenvalue weighted by atomic mass is 9.77. The molecule has 0 unspecified atom stereocenters. The first kappa shape index (κ1) is 33.3. The molecule has 252 valence electrons. The van der Waals surface area contributed by atoms with Gasteiger partial charge in [0.15, 0.2) is 0 Å². The van der Waals surface area contributed by atoms with Crippen LogP contribution in [0.5, 0.6) is 0 Å². The third kappa shape index (κ3) is 6.33. The average molecular weight is 668 g/mol. The molecule has 0 fully saturated rings. The van der Waals surface area contributed by atoms with Gasteiger partial charge in [-0.15, -0.1) is 0 Å². The molecule has 0 saturated heterocycles. The zero-order valence-electron chi connectivity index (χ0n) is 28.9. The molecule has 0 saturated carbocycles. The molecule has 6 nitrogen and oxygen atoms in total. The Morgan fingerprint density at radius 1 is 0.549 bits per heavy atom. The second kappa shape index (κ2) is 14.7. The van der Waals surface area contributed by atoms with Crippen LogP contribution < -0.4 is 15.5 Å². The molecule has 0 spiro atoms. The van der Waals surface area contributed by atoms with E-state index in [1.54, 1.807) is 15.8 Å². The summed E-state index contributed by atoms with van der Waals surface area (Å²) in [6.07, 6.45) is 1.75. The number of nitrogens with one attached hydrogen (secondary N) is 2. The van der Waals surface area contributed by atoms with Gasteiger partial charge in [-0.1, -0.05) is 182 Å². The lowest BCUT2D eigenvalue weighted by molar-refractivity contribution is -0.117. The number of nitrogens with zero attached hydrogens (tertiary/aromatic N) is 3. The maximum atomic E-state index is 14.4. The second-order valence-electron chi connectivity index (χ2n) is 12.6. The highest BCUT2D eigenvalue weighted by Gasteiger charge is 2.39. The summed E-state index contributed by atoms with van der Waals surface area (Å²) < 4.78 is 1.80. The summed E-state index contributed by atoms with van der Waals surface area (Å²) >= 11 is 0. The summed E-state index contributed by atoms with van der Waals surface area (Å²) in [6, 6.07) is 62.2. The molecule has 51 heavy (non-hydrogen) atoms. The van der Waals surface area contributed by atoms with Crippen molar-refractivity contribution in [1.82, 2.24) is 15.1 Å². The third-order valence-corrected chi connectivity index (χ3v) is 9.71. The smallest absolute Gasteiger partial charge is 0.240 e. The number of aryl methyl sites for hydroxylation is 1. The van der Waals surface area contributed by atoms with E-state index in [9.17, 15) is 4.79 Å². The van der Waals surface area contributed by atoms with E-state index >= 15 is 0 Å². The zero-order chi connectivity index (χ0) is 35.1. The van der Waals surface area contributed by atoms with Crippen molar-refractivity contribution < 1.29 is 4.79 Å². The van der Waals surface area contributed by atoms with Crippen molar-refractivity contribution in [2.75, 3.05) is 23.8 Å². The highest BCUT2D eigenvalue weighted by molar-refractivity contribution is 5.97. The fraction of sp³-hybridized carbons (Fsp3) is 0.111. The van der Waals surface area contributed by atoms with Crippen molar-refractivity contribution in [1.29, 1.82) is 0 Å². The van der Waals surface area contributed by atoms with Gasteiger partial charge in [0.05, 0.1) is 18.3 Å². The number of hydrogen-bond donors (Lipinski definition) is 2. The minimum atomic E-state index is -0.794. The van der Waals surface area contributed by atoms with E-state index in [0.29, 0.717) is 11.5 Å². The molecule has 0 bridgehead atoms. The molecule has 0 aliphatic rings. The van der Waals surface area contributed by atoms with E-state index in [-0.39, 0.29) is 12.5 Å². The number of rotatable bonds is 12. The fourth-order valence-corrected chi connectivity index (χ4v) is 7.11. The molecule has 6 aromatic carbocycles. The highest BCUT2D eigenvalue weighted by atomic mass is 16.2. The van der Waals surface area contributed by atoms with Crippen molar-refractivity contribution in [3.63, 3.8) is 0 Å². The summed E-state index contributed by atoms with van der Waals surface area (Å²) in [5, 5.41) is 12.4. The number of carbonyl (C=O) groups excluding carboxylic acids is 1. The molecule has 0 aliphatic carbocycles. The molecular weight excluding hydrogens is 627 g/mol. The number of carbonyl (C=O) groups is 1. The van der Waals surface area contributed by atoms with Gasteiger partial charge < -0.3 is 10.2 Å². The quantitative estimate of drug-likeness (QED) is 0.129. The second-order valence-corrected chi connectivity index (χ2v) is 12.6. The van der Waals surface area contributed by atoms with Gasteiger partial charge in [-0.2, -0.15) is 5.10 Å². The Morgan fingerprint density at radius 3 is 1.20 bits per heavy atom. The molecule has 0 aliphatic heterocycles. The first-order valence-corrected chi connectivity index (χ1v) is 17.2. The summed E-state index contributed by atoms with van der Waals surface area (Å²) in [6.45, 7) is 0.0602. The third-order valence-electron chi connectivity index (χ3n) is 9.71. The van der Waals surface area contributed by atoms with Gasteiger partial charge >= 0.3 is 0 Å². The maximum absolute atomic E-state index is 14.4. The standard InChI is InChI=1S/C45H41N5O/c1-49(42(51)34-46-44(35-21-9-3-10-22-35,36-23-11-4-12-24-36)37-25-13-5-14-26-37)41-33-47-50(2)43(41)48-45(38-27-15-6-16-28-38,39-29-17-7-18-30-39)40-31-19-8-20-32-40/h3-33,46,48H,34H2,1-2H3. The van der Waals surface area contributed by atoms with Crippen LogP contribution in [0.25, 0.3) is 0 Å². The Hall–Kier alpha value is -6.24. The van der Waals surface area contributed by atoms with Crippen LogP contribution in [0.1, 0.15) is 33.4 Å². The Balaban J connectivity index is 1.28. The number of aromatic nitrogens is 2. The predicted octanol–water partition coefficient (Wildman–Crippen LogP) is 8.37. The maximum Gasteiger partial charge on any atom is 0.240 e. The molecule has 1 aromatic heterocycles. The number of hydrogen-bond acceptors (Lipinski definition) is 4. The number of likely N-dealkylation sites (N-methyl/N-ethyl adjacent to an activating group) is 1. The molecule has 0 atom stereocenters. The lowest BCUT2D eigenvalue weighted by Crippen LogP contribution is -2.49. The fourth-order valence-electron chi connectivity index (χ4n) is 7.11. The van der Waals surface area contributed by atoms with Crippen LogP contribution in [0.2, 0.25) is 0 Å². The van der Waals surface area contributed by atoms with E-state index in [2.05, 4.69) is 125 Å². The lowest BCUT2D eigenvalue weighted by Gasteiger charge is -2.38. The minimum Gasteiger partial charge on any atom is -0.351 e. The average Bonchev–Trinajstić information content (AvgIpc) is 3.57. The molecular formula is C45H41N5O. The normalized spacial score (nSPS) is 11.6. The monoisotopic (exact) mass is 667 g/mol. The van der Waals surface area contributed by atoms with E-state index in [4.69, 9.17) is 0 Å². The zero-order valence-corrected chi connectivity index (χ0v) is 28.9. The van der Waals surface area contributed by atoms with Crippen molar-refractivity contribution in [2.24, 2.45) is 7.05 Å². The summed E-state index contributed by atoms with van der Waals surface area (Å²) in [7, 11) is 3.72. The van der Waals surface area contributed by atoms with Gasteiger partial charge in [-0.05, 0) is 33.4 Å². The summed E-state index contributed by atoms with van der Waals surface area (Å²) in [5.41, 5.74) is 5.40. The van der Waals surface area contributed by atoms with Gasteiger partial charge in [-0.25, -0.2) is 0 Å². The number of anilines is 2. The number of benzene rings is 6. The van der Waals surface area contributed by atoms with Crippen molar-refractivity contribution in [3.05, 3.63) is 222 Å². The first-order valence-electron chi connectivity index (χ1n) is 17.2. The van der Waals surface area contributed by atoms with Gasteiger partial charge in [0.1, 0.15) is 17.0 Å². The molecule has 7 rings (SSSR count). The van der Waals surface area contributed by atoms with E-state index < -0.39 is 11.1 Å². The van der Waals surface area contributed by atoms with Crippen LogP contribution in [0.3, 0.4) is 0 Å². The Bertz CT molecular complexity index is 1960. The molecule has 2 N–H and O–H groups in total. The number of amides is 1. The van der Waals surface area contributed by atoms with Crippen LogP contribution in [0.15, 0.2) is 188 Å². The van der Waals surface area contributed by atoms with Crippen LogP contribution in [-0.4, -0.2) is 29.3 Å². The Labute approximate surface area is 300 Å². The van der Waals surface area contributed by atoms with E-state index in [1.165, 1.54) is 0 Å². The molecule has 6 heteroatoms. The largest absolute Gasteiger partial charge is 0.351 e. The van der Waals surface area contributed by atoms with Crippen molar-refractivity contribution in [2.45, 2.75) is 11.1 Å².